The van der Waals surface area contributed by atoms with Gasteiger partial charge in [-0.2, -0.15) is 0 Å². The van der Waals surface area contributed by atoms with E-state index in [0.717, 1.165) is 86.5 Å². The molecule has 4 aliphatic carbocycles. The zero-order valence-electron chi connectivity index (χ0n) is 43.9. The minimum atomic E-state index is -2.78. The molecule has 5 fully saturated rings. The second-order valence-electron chi connectivity index (χ2n) is 25.3. The maximum absolute atomic E-state index is 13.8. The van der Waals surface area contributed by atoms with Gasteiger partial charge in [-0.3, -0.25) is 24.1 Å². The predicted octanol–water partition coefficient (Wildman–Crippen LogP) is 15.4. The van der Waals surface area contributed by atoms with E-state index in [1.54, 1.807) is 0 Å². The summed E-state index contributed by atoms with van der Waals surface area (Å²) >= 11 is 13.5. The number of piperidine rings is 1. The number of methoxy groups -OCH3 is 1. The number of aryl methyl sites for hydroxylation is 2. The predicted molar refractivity (Wildman–Crippen MR) is 272 cm³/mol. The molecule has 5 aliphatic rings. The summed E-state index contributed by atoms with van der Waals surface area (Å²) in [6, 6.07) is 11.3. The fourth-order valence-corrected chi connectivity index (χ4v) is 13.0. The number of alkyl halides is 4. The molecule has 70 heavy (non-hydrogen) atoms. The molecule has 1 saturated heterocycles. The number of nitrogens with zero attached hydrogens (tertiary/aromatic N) is 1. The second-order valence-corrected chi connectivity index (χ2v) is 26.1. The Morgan fingerprint density at radius 1 is 0.757 bits per heavy atom. The molecular formula is C58H81Cl2F4NO5. The van der Waals surface area contributed by atoms with Crippen molar-refractivity contribution in [2.45, 2.75) is 207 Å². The lowest BCUT2D eigenvalue weighted by Gasteiger charge is -2.54. The Morgan fingerprint density at radius 2 is 1.27 bits per heavy atom. The summed E-state index contributed by atoms with van der Waals surface area (Å²) in [7, 11) is 1.40. The molecule has 2 amide bonds. The van der Waals surface area contributed by atoms with E-state index in [9.17, 15) is 36.7 Å². The van der Waals surface area contributed by atoms with Gasteiger partial charge in [0.2, 0.25) is 17.7 Å². The third kappa shape index (κ3) is 13.0. The molecule has 2 unspecified atom stereocenters. The summed E-state index contributed by atoms with van der Waals surface area (Å²) in [5, 5.41) is 1.31. The average molecular weight is 1020 g/mol. The topological polar surface area (TPSA) is 80.8 Å². The molecule has 4 atom stereocenters. The third-order valence-electron chi connectivity index (χ3n) is 17.2. The van der Waals surface area contributed by atoms with Gasteiger partial charge in [0.05, 0.1) is 25.0 Å². The molecule has 0 spiro atoms. The van der Waals surface area contributed by atoms with Crippen LogP contribution in [0.4, 0.5) is 17.6 Å². The molecule has 1 heterocycles. The number of Topliss-reactive ketones (excluding diaryl/α,β-unsaturated/α-hetero) is 1. The van der Waals surface area contributed by atoms with Crippen LogP contribution in [0, 0.1) is 52.3 Å². The van der Waals surface area contributed by atoms with Crippen molar-refractivity contribution in [3.63, 3.8) is 0 Å². The number of likely N-dealkylation sites (tertiary alicyclic amines) is 1. The summed E-state index contributed by atoms with van der Waals surface area (Å²) in [6.45, 7) is 21.5. The van der Waals surface area contributed by atoms with Crippen LogP contribution in [-0.2, 0) is 47.6 Å². The van der Waals surface area contributed by atoms with Crippen molar-refractivity contribution in [2.24, 2.45) is 52.3 Å². The van der Waals surface area contributed by atoms with Crippen molar-refractivity contribution >= 4 is 46.8 Å². The quantitative estimate of drug-likeness (QED) is 0.0896. The SMILES string of the molecule is CCC1CC(C(C(=O)OC)[C@@](C)(CC(=O)CC2CC(F)(F)C2)c2ccc(CCC(C)(C)C)c(Cl)c2)C1.CCC1CC(C2C(=O)N(C3CC(F)(F)C3)C(=O)C[C@@]2(C)c2ccc(CCC(C)(C)C)c(Cl)c2)C1. The van der Waals surface area contributed by atoms with Gasteiger partial charge in [0.25, 0.3) is 5.92 Å². The molecule has 0 bridgehead atoms. The molecule has 6 nitrogen and oxygen atoms in total. The van der Waals surface area contributed by atoms with Crippen LogP contribution in [-0.4, -0.2) is 53.5 Å². The number of rotatable bonds is 17. The van der Waals surface area contributed by atoms with Crippen molar-refractivity contribution in [2.75, 3.05) is 7.11 Å². The maximum atomic E-state index is 13.8. The molecule has 390 valence electrons. The number of ketones is 1. The van der Waals surface area contributed by atoms with E-state index in [-0.39, 0.29) is 84.3 Å². The number of benzene rings is 2. The van der Waals surface area contributed by atoms with Crippen LogP contribution in [0.2, 0.25) is 10.0 Å². The number of ether oxygens (including phenoxy) is 1. The minimum absolute atomic E-state index is 0.0776. The Hall–Kier alpha value is -2.98. The summed E-state index contributed by atoms with van der Waals surface area (Å²) < 4.78 is 59.2. The van der Waals surface area contributed by atoms with E-state index in [4.69, 9.17) is 27.9 Å². The molecule has 2 aromatic rings. The highest BCUT2D eigenvalue weighted by Crippen LogP contribution is 2.55. The van der Waals surface area contributed by atoms with Crippen molar-refractivity contribution in [1.82, 2.24) is 4.90 Å². The van der Waals surface area contributed by atoms with Gasteiger partial charge in [-0.15, -0.1) is 0 Å². The summed E-state index contributed by atoms with van der Waals surface area (Å²) in [6.07, 6.45) is 8.66. The second kappa shape index (κ2) is 21.5. The largest absolute Gasteiger partial charge is 0.469 e. The van der Waals surface area contributed by atoms with Gasteiger partial charge in [0, 0.05) is 65.8 Å². The summed E-state index contributed by atoms with van der Waals surface area (Å²) in [5.41, 5.74) is 2.72. The van der Waals surface area contributed by atoms with Gasteiger partial charge in [0.1, 0.15) is 5.78 Å². The number of carbonyl (C=O) groups excluding carboxylic acids is 4. The Morgan fingerprint density at radius 3 is 1.74 bits per heavy atom. The van der Waals surface area contributed by atoms with Crippen LogP contribution < -0.4 is 0 Å². The van der Waals surface area contributed by atoms with Gasteiger partial charge in [0.15, 0.2) is 0 Å². The van der Waals surface area contributed by atoms with Gasteiger partial charge >= 0.3 is 5.97 Å². The van der Waals surface area contributed by atoms with E-state index in [2.05, 4.69) is 55.4 Å². The third-order valence-corrected chi connectivity index (χ3v) is 17.9. The van der Waals surface area contributed by atoms with Crippen LogP contribution in [0.15, 0.2) is 36.4 Å². The number of imide groups is 1. The fourth-order valence-electron chi connectivity index (χ4n) is 12.5. The number of amides is 2. The first-order valence-electron chi connectivity index (χ1n) is 26.2. The van der Waals surface area contributed by atoms with Crippen molar-refractivity contribution < 1.29 is 41.5 Å². The smallest absolute Gasteiger partial charge is 0.309 e. The zero-order chi connectivity index (χ0) is 51.9. The van der Waals surface area contributed by atoms with Crippen LogP contribution in [0.3, 0.4) is 0 Å². The Labute approximate surface area is 426 Å². The molecular weight excluding hydrogens is 938 g/mol. The monoisotopic (exact) mass is 1020 g/mol. The standard InChI is InChI=1S/C30H43ClF2O3.C28H38ClF2NO2/c1-7-19-12-22(13-19)26(27(35)36-6)29(5,18-24(34)14-20-16-30(32,33)17-20)23-9-8-21(25(31)15-23)10-11-28(2,3)4;1-6-17-11-19(12-17)24-25(34)32(21-14-28(30,31)15-21)23(33)16-27(24,5)20-8-7-18(22(29)13-20)9-10-26(2,3)4/h8-9,15,19-20,22,26H,7,10-14,16-18H2,1-6H3;7-8,13,17,19,21,24H,6,9-12,14-16H2,1-5H3/t19?,22?,26?,29-;17?,19?,24?,27-/m00/s1. The normalized spacial score (nSPS) is 28.0. The Kier molecular flexibility index (Phi) is 17.3. The fraction of sp³-hybridized carbons (Fsp3) is 0.724. The lowest BCUT2D eigenvalue weighted by atomic mass is 9.55. The molecule has 7 rings (SSSR count). The summed E-state index contributed by atoms with van der Waals surface area (Å²) in [5.74, 6) is -6.13. The first kappa shape index (κ1) is 56.3. The van der Waals surface area contributed by atoms with E-state index >= 15 is 0 Å². The summed E-state index contributed by atoms with van der Waals surface area (Å²) in [4.78, 5) is 54.7. The van der Waals surface area contributed by atoms with Gasteiger partial charge in [-0.05, 0) is 126 Å². The number of esters is 1. The highest BCUT2D eigenvalue weighted by atomic mass is 35.5. The van der Waals surface area contributed by atoms with Crippen LogP contribution >= 0.6 is 23.2 Å². The van der Waals surface area contributed by atoms with Crippen molar-refractivity contribution in [1.29, 1.82) is 0 Å². The molecule has 0 N–H and O–H groups in total. The Bertz CT molecular complexity index is 2210. The maximum Gasteiger partial charge on any atom is 0.309 e. The van der Waals surface area contributed by atoms with Gasteiger partial charge in [-0.25, -0.2) is 17.6 Å². The van der Waals surface area contributed by atoms with Crippen LogP contribution in [0.5, 0.6) is 0 Å². The van der Waals surface area contributed by atoms with Crippen molar-refractivity contribution in [3.8, 4) is 0 Å². The highest BCUT2D eigenvalue weighted by molar-refractivity contribution is 6.31. The van der Waals surface area contributed by atoms with Gasteiger partial charge in [-0.1, -0.05) is 130 Å². The lowest BCUT2D eigenvalue weighted by molar-refractivity contribution is -0.178. The first-order chi connectivity index (χ1) is 32.4. The average Bonchev–Trinajstić information content (AvgIpc) is 3.19. The molecule has 0 radical (unpaired) electrons. The van der Waals surface area contributed by atoms with E-state index in [1.165, 1.54) is 12.0 Å². The van der Waals surface area contributed by atoms with Crippen LogP contribution in [0.25, 0.3) is 0 Å². The first-order valence-corrected chi connectivity index (χ1v) is 27.0. The molecule has 2 aromatic carbocycles. The zero-order valence-corrected chi connectivity index (χ0v) is 45.4. The van der Waals surface area contributed by atoms with E-state index in [1.807, 2.05) is 50.2 Å². The van der Waals surface area contributed by atoms with Gasteiger partial charge < -0.3 is 4.74 Å². The minimum Gasteiger partial charge on any atom is -0.469 e. The van der Waals surface area contributed by atoms with Crippen LogP contribution in [0.1, 0.15) is 188 Å². The molecule has 12 heteroatoms. The molecule has 0 aromatic heterocycles. The number of carbonyl (C=O) groups is 4. The number of hydrogen-bond donors (Lipinski definition) is 0. The Balaban J connectivity index is 0.000000230. The van der Waals surface area contributed by atoms with Crippen molar-refractivity contribution in [3.05, 3.63) is 68.7 Å². The lowest BCUT2D eigenvalue weighted by Crippen LogP contribution is -2.64. The molecule has 1 aliphatic heterocycles. The molecule has 4 saturated carbocycles. The highest BCUT2D eigenvalue weighted by Gasteiger charge is 2.60. The number of halogens is 6. The van der Waals surface area contributed by atoms with E-state index < -0.39 is 53.4 Å². The number of hydrogen-bond acceptors (Lipinski definition) is 5. The van der Waals surface area contributed by atoms with E-state index in [0.29, 0.717) is 21.9 Å².